The van der Waals surface area contributed by atoms with E-state index >= 15 is 0 Å². The van der Waals surface area contributed by atoms with E-state index in [1.54, 1.807) is 12.5 Å². The van der Waals surface area contributed by atoms with Gasteiger partial charge in [0.15, 0.2) is 0 Å². The van der Waals surface area contributed by atoms with Crippen molar-refractivity contribution >= 4 is 28.4 Å². The molecule has 3 rings (SSSR count). The van der Waals surface area contributed by atoms with Crippen molar-refractivity contribution in [2.75, 3.05) is 0 Å². The van der Waals surface area contributed by atoms with E-state index < -0.39 is 5.91 Å². The molecule has 0 aliphatic heterocycles. The fourth-order valence-corrected chi connectivity index (χ4v) is 2.78. The molecule has 25 heavy (non-hydrogen) atoms. The third kappa shape index (κ3) is 3.55. The van der Waals surface area contributed by atoms with Crippen molar-refractivity contribution in [3.05, 3.63) is 74.8 Å². The SMILES string of the molecule is Cn1c(CCc2ccc(Cl)cc2)nc2cc(C(=O)NO)ccc2c1=O. The summed E-state index contributed by atoms with van der Waals surface area (Å²) in [6.45, 7) is 0. The van der Waals surface area contributed by atoms with Gasteiger partial charge in [-0.15, -0.1) is 0 Å². The minimum Gasteiger partial charge on any atom is -0.299 e. The maximum Gasteiger partial charge on any atom is 0.274 e. The predicted molar refractivity (Wildman–Crippen MR) is 95.1 cm³/mol. The number of carbonyl (C=O) groups is 1. The fourth-order valence-electron chi connectivity index (χ4n) is 2.65. The predicted octanol–water partition coefficient (Wildman–Crippen LogP) is 2.49. The normalized spacial score (nSPS) is 10.8. The molecule has 0 atom stereocenters. The molecular weight excluding hydrogens is 342 g/mol. The second-order valence-electron chi connectivity index (χ2n) is 5.69. The molecule has 2 N–H and O–H groups in total. The maximum absolute atomic E-state index is 12.5. The highest BCUT2D eigenvalue weighted by molar-refractivity contribution is 6.30. The Kier molecular flexibility index (Phi) is 4.83. The van der Waals surface area contributed by atoms with Gasteiger partial charge >= 0.3 is 0 Å². The smallest absolute Gasteiger partial charge is 0.274 e. The van der Waals surface area contributed by atoms with Gasteiger partial charge in [-0.1, -0.05) is 23.7 Å². The van der Waals surface area contributed by atoms with Crippen LogP contribution in [0.5, 0.6) is 0 Å². The maximum atomic E-state index is 12.5. The second kappa shape index (κ2) is 7.04. The summed E-state index contributed by atoms with van der Waals surface area (Å²) in [7, 11) is 1.68. The van der Waals surface area contributed by atoms with E-state index in [1.165, 1.54) is 22.8 Å². The Morgan fingerprint density at radius 2 is 1.92 bits per heavy atom. The fraction of sp³-hybridized carbons (Fsp3) is 0.167. The average Bonchev–Trinajstić information content (AvgIpc) is 2.63. The number of nitrogens with zero attached hydrogens (tertiary/aromatic N) is 2. The van der Waals surface area contributed by atoms with Crippen molar-refractivity contribution in [1.82, 2.24) is 15.0 Å². The highest BCUT2D eigenvalue weighted by Crippen LogP contribution is 2.14. The van der Waals surface area contributed by atoms with E-state index in [2.05, 4.69) is 4.98 Å². The zero-order chi connectivity index (χ0) is 18.0. The number of carbonyl (C=O) groups excluding carboxylic acids is 1. The van der Waals surface area contributed by atoms with E-state index in [1.807, 2.05) is 24.3 Å². The Morgan fingerprint density at radius 1 is 1.20 bits per heavy atom. The molecule has 0 unspecified atom stereocenters. The Bertz CT molecular complexity index is 997. The van der Waals surface area contributed by atoms with Gasteiger partial charge in [-0.3, -0.25) is 19.4 Å². The minimum absolute atomic E-state index is 0.174. The number of aromatic nitrogens is 2. The van der Waals surface area contributed by atoms with E-state index in [9.17, 15) is 9.59 Å². The first-order valence-electron chi connectivity index (χ1n) is 7.68. The van der Waals surface area contributed by atoms with Gasteiger partial charge in [0.25, 0.3) is 11.5 Å². The first kappa shape index (κ1) is 17.1. The minimum atomic E-state index is -0.646. The number of amides is 1. The van der Waals surface area contributed by atoms with Crippen LogP contribution in [0.4, 0.5) is 0 Å². The lowest BCUT2D eigenvalue weighted by Crippen LogP contribution is -2.23. The zero-order valence-electron chi connectivity index (χ0n) is 13.5. The number of nitrogens with one attached hydrogen (secondary N) is 1. The molecule has 0 saturated carbocycles. The van der Waals surface area contributed by atoms with Crippen molar-refractivity contribution in [3.8, 4) is 0 Å². The average molecular weight is 358 g/mol. The number of hydrogen-bond acceptors (Lipinski definition) is 4. The standard InChI is InChI=1S/C18H16ClN3O3/c1-22-16(9-4-11-2-6-13(19)7-3-11)20-15-10-12(17(23)21-25)5-8-14(15)18(22)24/h2-3,5-8,10,25H,4,9H2,1H3,(H,21,23). The third-order valence-corrected chi connectivity index (χ3v) is 4.34. The van der Waals surface area contributed by atoms with Gasteiger partial charge in [-0.05, 0) is 42.3 Å². The lowest BCUT2D eigenvalue weighted by atomic mass is 10.1. The molecule has 3 aromatic rings. The summed E-state index contributed by atoms with van der Waals surface area (Å²) < 4.78 is 1.52. The first-order valence-corrected chi connectivity index (χ1v) is 8.06. The van der Waals surface area contributed by atoms with Gasteiger partial charge < -0.3 is 0 Å². The molecule has 1 amide bonds. The summed E-state index contributed by atoms with van der Waals surface area (Å²) in [4.78, 5) is 28.6. The second-order valence-corrected chi connectivity index (χ2v) is 6.13. The molecule has 7 heteroatoms. The number of fused-ring (bicyclic) bond motifs is 1. The van der Waals surface area contributed by atoms with Crippen LogP contribution in [0.25, 0.3) is 10.9 Å². The summed E-state index contributed by atoms with van der Waals surface area (Å²) in [6, 6.07) is 12.0. The van der Waals surface area contributed by atoms with E-state index in [4.69, 9.17) is 16.8 Å². The summed E-state index contributed by atoms with van der Waals surface area (Å²) in [6.07, 6.45) is 1.28. The number of halogens is 1. The lowest BCUT2D eigenvalue weighted by Gasteiger charge is -2.10. The Morgan fingerprint density at radius 3 is 2.60 bits per heavy atom. The summed E-state index contributed by atoms with van der Waals surface area (Å²) in [5, 5.41) is 9.85. The van der Waals surface area contributed by atoms with Crippen LogP contribution in [0.1, 0.15) is 21.7 Å². The molecule has 1 aromatic heterocycles. The summed E-state index contributed by atoms with van der Waals surface area (Å²) >= 11 is 5.88. The van der Waals surface area contributed by atoms with Crippen LogP contribution >= 0.6 is 11.6 Å². The molecule has 0 fully saturated rings. The molecule has 0 aliphatic rings. The highest BCUT2D eigenvalue weighted by Gasteiger charge is 2.11. The molecule has 128 valence electrons. The number of rotatable bonds is 4. The van der Waals surface area contributed by atoms with Gasteiger partial charge in [0.1, 0.15) is 5.82 Å². The summed E-state index contributed by atoms with van der Waals surface area (Å²) in [5.74, 6) is -0.0268. The van der Waals surface area contributed by atoms with Gasteiger partial charge in [0.2, 0.25) is 0 Å². The van der Waals surface area contributed by atoms with Crippen LogP contribution < -0.4 is 11.0 Å². The van der Waals surface area contributed by atoms with Crippen molar-refractivity contribution < 1.29 is 10.0 Å². The number of benzene rings is 2. The largest absolute Gasteiger partial charge is 0.299 e. The molecular formula is C18H16ClN3O3. The van der Waals surface area contributed by atoms with E-state index in [0.717, 1.165) is 5.56 Å². The van der Waals surface area contributed by atoms with Crippen LogP contribution in [-0.2, 0) is 19.9 Å². The van der Waals surface area contributed by atoms with Crippen LogP contribution in [-0.4, -0.2) is 20.7 Å². The van der Waals surface area contributed by atoms with Crippen molar-refractivity contribution in [3.63, 3.8) is 0 Å². The molecule has 0 radical (unpaired) electrons. The first-order chi connectivity index (χ1) is 12.0. The lowest BCUT2D eigenvalue weighted by molar-refractivity contribution is 0.0706. The molecule has 6 nitrogen and oxygen atoms in total. The molecule has 1 heterocycles. The topological polar surface area (TPSA) is 84.2 Å². The molecule has 0 spiro atoms. The number of aryl methyl sites for hydroxylation is 2. The highest BCUT2D eigenvalue weighted by atomic mass is 35.5. The van der Waals surface area contributed by atoms with Crippen LogP contribution in [0, 0.1) is 0 Å². The third-order valence-electron chi connectivity index (χ3n) is 4.08. The van der Waals surface area contributed by atoms with Gasteiger partial charge in [0.05, 0.1) is 10.9 Å². The van der Waals surface area contributed by atoms with Crippen LogP contribution in [0.2, 0.25) is 5.02 Å². The van der Waals surface area contributed by atoms with Gasteiger partial charge in [-0.25, -0.2) is 10.5 Å². The quantitative estimate of drug-likeness (QED) is 0.555. The van der Waals surface area contributed by atoms with Gasteiger partial charge in [0, 0.05) is 24.1 Å². The molecule has 0 aliphatic carbocycles. The number of hydrogen-bond donors (Lipinski definition) is 2. The monoisotopic (exact) mass is 357 g/mol. The van der Waals surface area contributed by atoms with Crippen molar-refractivity contribution in [2.24, 2.45) is 7.05 Å². The Hall–Kier alpha value is -2.70. The molecule has 0 saturated heterocycles. The van der Waals surface area contributed by atoms with Crippen molar-refractivity contribution in [1.29, 1.82) is 0 Å². The Labute approximate surface area is 148 Å². The molecule has 0 bridgehead atoms. The summed E-state index contributed by atoms with van der Waals surface area (Å²) in [5.41, 5.74) is 3.15. The van der Waals surface area contributed by atoms with E-state index in [0.29, 0.717) is 34.6 Å². The Balaban J connectivity index is 1.96. The number of hydroxylamine groups is 1. The zero-order valence-corrected chi connectivity index (χ0v) is 14.2. The molecule has 2 aromatic carbocycles. The van der Waals surface area contributed by atoms with Crippen LogP contribution in [0.3, 0.4) is 0 Å². The van der Waals surface area contributed by atoms with Gasteiger partial charge in [-0.2, -0.15) is 0 Å². The van der Waals surface area contributed by atoms with E-state index in [-0.39, 0.29) is 11.1 Å². The van der Waals surface area contributed by atoms with Crippen LogP contribution in [0.15, 0.2) is 47.3 Å². The van der Waals surface area contributed by atoms with Crippen molar-refractivity contribution in [2.45, 2.75) is 12.8 Å².